The maximum Gasteiger partial charge on any atom is 0.449 e. The first kappa shape index (κ1) is 79.0. The monoisotopic (exact) mass is 1330 g/mol. The third kappa shape index (κ3) is 18.1. The number of carbonyl (C=O) groups excluding carboxylic acids is 7. The maximum absolute atomic E-state index is 13.8. The van der Waals surface area contributed by atoms with Gasteiger partial charge in [-0.15, -0.1) is 0 Å². The third-order valence-electron chi connectivity index (χ3n) is 21.3. The van der Waals surface area contributed by atoms with Gasteiger partial charge < -0.3 is 43.0 Å². The van der Waals surface area contributed by atoms with Crippen molar-refractivity contribution in [3.63, 3.8) is 0 Å². The standard InChI is InChI=1S/C17H26O2.C12H14O4.C12H20O2.2C11H18O2.C10H11F5O4/c1-11(2)15(18)19-16(3,4)17-8-12-5-13(9-17)7-14(6-12)10-17;1-5(2)11(13)15-9-6-3-7-8(4-6)12(14)16-10(7)9;1-9(2)11(13)14-12(10(3)4)7-5-6-8-12;1-9(2)10(12)13-11(3)7-5-4-6-8-11;1-4-11(7-5-6-8-11)13-10(12)9(2)3;1-5(2)6(16)19-7(3)4-18-9(17,8(7,11)12)10(13,14)15/h12-14H,1,5-10H2,2-4H3;6-10H,1,3-4H2,2H3;10H,1,5-8H2,2-4H3;1,4-8H2,2-3H3;2,4-8H2,1,3H3;17H,1,4H2,2-3H3. The van der Waals surface area contributed by atoms with E-state index in [1.165, 1.54) is 83.5 Å². The Balaban J connectivity index is 0.000000206. The first-order chi connectivity index (χ1) is 43.3. The predicted octanol–water partition coefficient (Wildman–Crippen LogP) is 15.7. The Morgan fingerprint density at radius 1 is 0.596 bits per heavy atom. The van der Waals surface area contributed by atoms with Crippen molar-refractivity contribution in [2.24, 2.45) is 46.8 Å². The van der Waals surface area contributed by atoms with Gasteiger partial charge in [0.05, 0.1) is 12.5 Å². The molecular formula is C73H107F5O16. The van der Waals surface area contributed by atoms with Crippen LogP contribution in [0.1, 0.15) is 231 Å². The fourth-order valence-electron chi connectivity index (χ4n) is 15.6. The van der Waals surface area contributed by atoms with E-state index in [1.807, 2.05) is 6.92 Å². The Morgan fingerprint density at radius 2 is 1.02 bits per heavy atom. The Hall–Kier alpha value is -5.70. The smallest absolute Gasteiger partial charge is 0.449 e. The van der Waals surface area contributed by atoms with Crippen LogP contribution in [0, 0.1) is 46.8 Å². The van der Waals surface area contributed by atoms with Gasteiger partial charge in [0.2, 0.25) is 5.60 Å². The molecule has 2 heterocycles. The Labute approximate surface area is 554 Å². The number of carbonyl (C=O) groups is 7. The van der Waals surface area contributed by atoms with Crippen LogP contribution in [-0.4, -0.2) is 112 Å². The molecule has 9 saturated carbocycles. The van der Waals surface area contributed by atoms with Gasteiger partial charge in [-0.05, 0) is 228 Å². The molecule has 0 aromatic heterocycles. The number of hydrogen-bond acceptors (Lipinski definition) is 16. The van der Waals surface area contributed by atoms with Crippen LogP contribution < -0.4 is 0 Å². The lowest BCUT2D eigenvalue weighted by Gasteiger charge is -2.61. The number of aliphatic hydroxyl groups is 1. The highest BCUT2D eigenvalue weighted by Crippen LogP contribution is 2.64. The van der Waals surface area contributed by atoms with E-state index in [1.54, 1.807) is 34.6 Å². The second-order valence-electron chi connectivity index (χ2n) is 30.0. The van der Waals surface area contributed by atoms with Crippen molar-refractivity contribution in [1.29, 1.82) is 0 Å². The topological polar surface area (TPSA) is 214 Å². The molecule has 2 aliphatic heterocycles. The number of halogens is 5. The van der Waals surface area contributed by atoms with Crippen LogP contribution >= 0.6 is 0 Å². The van der Waals surface area contributed by atoms with E-state index in [-0.39, 0.29) is 93.3 Å². The van der Waals surface area contributed by atoms with Crippen LogP contribution in [0.5, 0.6) is 0 Å². The van der Waals surface area contributed by atoms with Gasteiger partial charge in [0.1, 0.15) is 34.6 Å². The Bertz CT molecular complexity index is 2830. The first-order valence-electron chi connectivity index (χ1n) is 33.6. The molecule has 0 radical (unpaired) electrons. The van der Waals surface area contributed by atoms with Crippen molar-refractivity contribution in [3.8, 4) is 0 Å². The highest BCUT2D eigenvalue weighted by atomic mass is 19.4. The average molecular weight is 1340 g/mol. The Kier molecular flexibility index (Phi) is 25.9. The molecule has 0 aromatic rings. The number of hydrogen-bond donors (Lipinski definition) is 1. The molecule has 0 aromatic carbocycles. The molecule has 94 heavy (non-hydrogen) atoms. The van der Waals surface area contributed by atoms with Crippen LogP contribution in [0.2, 0.25) is 0 Å². The van der Waals surface area contributed by atoms with Crippen molar-refractivity contribution in [2.45, 2.75) is 289 Å². The average Bonchev–Trinajstić information content (AvgIpc) is 1.60. The molecule has 6 bridgehead atoms. The van der Waals surface area contributed by atoms with Crippen LogP contribution in [-0.2, 0) is 71.5 Å². The number of esters is 7. The summed E-state index contributed by atoms with van der Waals surface area (Å²) in [6, 6.07) is 0. The molecule has 21 heteroatoms. The zero-order valence-corrected chi connectivity index (χ0v) is 58.2. The highest BCUT2D eigenvalue weighted by molar-refractivity contribution is 5.89. The largest absolute Gasteiger partial charge is 0.458 e. The molecule has 1 N–H and O–H groups in total. The molecule has 16 nitrogen and oxygen atoms in total. The SMILES string of the molecule is C=C(C)C(=O)OC(C)(C)C12CC3CC(CC(C3)C1)C2.C=C(C)C(=O)OC1(C(C)C)CCCC1.C=C(C)C(=O)OC1(C)CCCCC1.C=C(C)C(=O)OC1(C)COC(O)(C(F)(F)F)C1(F)F.C=C(C)C(=O)OC1(CC)CCCC1.C=C(C)C(=O)OC1C2CC3C(=O)OC1C3C2. The lowest BCUT2D eigenvalue weighted by Crippen LogP contribution is -2.63. The molecule has 2 saturated heterocycles. The van der Waals surface area contributed by atoms with E-state index < -0.39 is 36.1 Å². The van der Waals surface area contributed by atoms with Crippen molar-refractivity contribution in [3.05, 3.63) is 72.9 Å². The summed E-state index contributed by atoms with van der Waals surface area (Å²) in [5, 5.41) is 9.03. The highest BCUT2D eigenvalue weighted by Gasteiger charge is 2.83. The molecule has 0 spiro atoms. The molecule has 7 atom stereocenters. The zero-order chi connectivity index (χ0) is 71.1. The van der Waals surface area contributed by atoms with Crippen molar-refractivity contribution in [1.82, 2.24) is 0 Å². The van der Waals surface area contributed by atoms with Gasteiger partial charge in [-0.2, -0.15) is 22.0 Å². The van der Waals surface area contributed by atoms with Crippen molar-refractivity contribution in [2.75, 3.05) is 6.61 Å². The zero-order valence-electron chi connectivity index (χ0n) is 58.2. The van der Waals surface area contributed by atoms with Crippen molar-refractivity contribution >= 4 is 41.8 Å². The lowest BCUT2D eigenvalue weighted by atomic mass is 9.46. The van der Waals surface area contributed by atoms with E-state index in [2.05, 4.69) is 83.6 Å². The minimum atomic E-state index is -5.75. The molecule has 11 aliphatic rings. The number of ether oxygens (including phenoxy) is 8. The van der Waals surface area contributed by atoms with Gasteiger partial charge >= 0.3 is 59.7 Å². The molecule has 7 unspecified atom stereocenters. The van der Waals surface area contributed by atoms with E-state index in [4.69, 9.17) is 33.5 Å². The summed E-state index contributed by atoms with van der Waals surface area (Å²) < 4.78 is 106. The van der Waals surface area contributed by atoms with Crippen LogP contribution in [0.4, 0.5) is 22.0 Å². The summed E-state index contributed by atoms with van der Waals surface area (Å²) in [7, 11) is 0. The van der Waals surface area contributed by atoms with E-state index in [9.17, 15) is 55.5 Å². The van der Waals surface area contributed by atoms with Gasteiger partial charge in [-0.3, -0.25) is 4.79 Å². The minimum Gasteiger partial charge on any atom is -0.458 e. The predicted molar refractivity (Wildman–Crippen MR) is 343 cm³/mol. The first-order valence-corrected chi connectivity index (χ1v) is 33.6. The molecule has 11 fully saturated rings. The third-order valence-corrected chi connectivity index (χ3v) is 21.3. The second-order valence-corrected chi connectivity index (χ2v) is 30.0. The van der Waals surface area contributed by atoms with E-state index in [0.717, 1.165) is 82.5 Å². The van der Waals surface area contributed by atoms with Gasteiger partial charge in [-0.1, -0.05) is 66.7 Å². The van der Waals surface area contributed by atoms with Gasteiger partial charge in [0.25, 0.3) is 0 Å². The quantitative estimate of drug-likeness (QED) is 0.0698. The normalized spacial score (nSPS) is 31.0. The molecule has 11 rings (SSSR count). The fraction of sp³-hybridized carbons (Fsp3) is 0.740. The van der Waals surface area contributed by atoms with Gasteiger partial charge in [-0.25, -0.2) is 28.8 Å². The molecule has 530 valence electrons. The lowest BCUT2D eigenvalue weighted by molar-refractivity contribution is -0.409. The van der Waals surface area contributed by atoms with Crippen molar-refractivity contribution < 1.29 is 98.5 Å². The Morgan fingerprint density at radius 3 is 1.45 bits per heavy atom. The number of fused-ring (bicyclic) bond motifs is 1. The minimum absolute atomic E-state index is 0.0646. The maximum atomic E-state index is 13.8. The fourth-order valence-corrected chi connectivity index (χ4v) is 15.6. The second kappa shape index (κ2) is 30.8. The van der Waals surface area contributed by atoms with Gasteiger partial charge in [0.15, 0.2) is 0 Å². The molecule has 0 amide bonds. The summed E-state index contributed by atoms with van der Waals surface area (Å²) in [6.07, 6.45) is 18.9. The number of rotatable bonds is 15. The van der Waals surface area contributed by atoms with E-state index in [0.29, 0.717) is 46.6 Å². The van der Waals surface area contributed by atoms with E-state index >= 15 is 0 Å². The number of alkyl halides is 5. The summed E-state index contributed by atoms with van der Waals surface area (Å²) in [4.78, 5) is 80.2. The van der Waals surface area contributed by atoms with Crippen LogP contribution in [0.25, 0.3) is 0 Å². The molecule has 9 aliphatic carbocycles. The van der Waals surface area contributed by atoms with Crippen LogP contribution in [0.3, 0.4) is 0 Å². The summed E-state index contributed by atoms with van der Waals surface area (Å²) in [5.41, 5.74) is -1.57. The summed E-state index contributed by atoms with van der Waals surface area (Å²) in [6.45, 7) is 42.6. The molecular weight excluding hydrogens is 1230 g/mol. The summed E-state index contributed by atoms with van der Waals surface area (Å²) in [5.74, 6) is -8.61. The van der Waals surface area contributed by atoms with Gasteiger partial charge in [0, 0.05) is 50.7 Å². The summed E-state index contributed by atoms with van der Waals surface area (Å²) >= 11 is 0. The van der Waals surface area contributed by atoms with Crippen LogP contribution in [0.15, 0.2) is 72.9 Å².